The van der Waals surface area contributed by atoms with Gasteiger partial charge >= 0.3 is 6.18 Å². The van der Waals surface area contributed by atoms with Gasteiger partial charge in [0.1, 0.15) is 12.4 Å². The quantitative estimate of drug-likeness (QED) is 0.344. The van der Waals surface area contributed by atoms with E-state index in [1.165, 1.54) is 12.3 Å². The first-order valence-corrected chi connectivity index (χ1v) is 7.84. The number of aromatic nitrogens is 3. The first-order valence-electron chi connectivity index (χ1n) is 7.84. The Labute approximate surface area is 160 Å². The van der Waals surface area contributed by atoms with Crippen LogP contribution in [0.5, 0.6) is 0 Å². The van der Waals surface area contributed by atoms with Crippen molar-refractivity contribution in [2.45, 2.75) is 13.1 Å². The van der Waals surface area contributed by atoms with Gasteiger partial charge in [0, 0.05) is 35.4 Å². The van der Waals surface area contributed by atoms with Crippen LogP contribution in [0.1, 0.15) is 17.0 Å². The van der Waals surface area contributed by atoms with Crippen molar-refractivity contribution < 1.29 is 31.9 Å². The second kappa shape index (κ2) is 8.63. The molecule has 0 amide bonds. The molecule has 0 bridgehead atoms. The number of imidazole rings is 1. The summed E-state index contributed by atoms with van der Waals surface area (Å²) >= 11 is 0. The normalized spacial score (nSPS) is 11.0. The summed E-state index contributed by atoms with van der Waals surface area (Å²) in [5.41, 5.74) is 0.0641. The summed E-state index contributed by atoms with van der Waals surface area (Å²) in [7, 11) is 0. The number of rotatable bonds is 4. The van der Waals surface area contributed by atoms with E-state index < -0.39 is 24.4 Å². The highest BCUT2D eigenvalue weighted by Crippen LogP contribution is 2.23. The van der Waals surface area contributed by atoms with Crippen molar-refractivity contribution in [1.29, 1.82) is 5.41 Å². The standard InChI is InChI=1S/C16H12F5N5.CH2O2/c1-8-2-12(25-7-16(19,20)21)10(4-23-8)14(22)13-5-24-15-11(18)3-9(17)6-26(13)15;2-1-3/h2-6,22H,7H2,1H3,(H,23,25);1H,(H,2,3). The van der Waals surface area contributed by atoms with Gasteiger partial charge in [-0.25, -0.2) is 13.8 Å². The van der Waals surface area contributed by atoms with E-state index in [4.69, 9.17) is 15.3 Å². The zero-order chi connectivity index (χ0) is 21.8. The molecule has 0 saturated carbocycles. The van der Waals surface area contributed by atoms with Gasteiger partial charge in [0.25, 0.3) is 6.47 Å². The van der Waals surface area contributed by atoms with Crippen molar-refractivity contribution in [2.24, 2.45) is 0 Å². The average Bonchev–Trinajstić information content (AvgIpc) is 3.03. The summed E-state index contributed by atoms with van der Waals surface area (Å²) in [6, 6.07) is 2.01. The number of nitrogens with zero attached hydrogens (tertiary/aromatic N) is 3. The van der Waals surface area contributed by atoms with Crippen molar-refractivity contribution >= 4 is 23.5 Å². The Morgan fingerprint density at radius 3 is 2.55 bits per heavy atom. The molecule has 7 nitrogen and oxygen atoms in total. The van der Waals surface area contributed by atoms with Crippen LogP contribution in [0, 0.1) is 24.0 Å². The molecule has 0 fully saturated rings. The van der Waals surface area contributed by atoms with Crippen LogP contribution in [0.4, 0.5) is 27.6 Å². The zero-order valence-corrected chi connectivity index (χ0v) is 14.8. The second-order valence-corrected chi connectivity index (χ2v) is 5.66. The third-order valence-electron chi connectivity index (χ3n) is 3.57. The van der Waals surface area contributed by atoms with Gasteiger partial charge in [0.2, 0.25) is 0 Å². The van der Waals surface area contributed by atoms with Crippen LogP contribution in [0.2, 0.25) is 0 Å². The average molecular weight is 415 g/mol. The molecule has 0 unspecified atom stereocenters. The Morgan fingerprint density at radius 1 is 1.28 bits per heavy atom. The van der Waals surface area contributed by atoms with Gasteiger partial charge in [0.15, 0.2) is 11.5 Å². The van der Waals surface area contributed by atoms with Crippen LogP contribution >= 0.6 is 0 Å². The lowest BCUT2D eigenvalue weighted by atomic mass is 10.1. The SMILES string of the molecule is Cc1cc(NCC(F)(F)F)c(C(=N)c2cnc3c(F)cc(F)cn23)cn1.O=CO. The summed E-state index contributed by atoms with van der Waals surface area (Å²) in [5, 5.41) is 17.4. The minimum Gasteiger partial charge on any atom is -0.483 e. The fraction of sp³-hybridized carbons (Fsp3) is 0.176. The van der Waals surface area contributed by atoms with Gasteiger partial charge in [-0.15, -0.1) is 0 Å². The number of hydrogen-bond donors (Lipinski definition) is 3. The van der Waals surface area contributed by atoms with Crippen molar-refractivity contribution in [2.75, 3.05) is 11.9 Å². The lowest BCUT2D eigenvalue weighted by molar-refractivity contribution is -0.123. The maximum Gasteiger partial charge on any atom is 0.405 e. The molecule has 0 aliphatic rings. The first kappa shape index (κ1) is 21.7. The molecular weight excluding hydrogens is 401 g/mol. The Hall–Kier alpha value is -3.57. The van der Waals surface area contributed by atoms with E-state index in [0.29, 0.717) is 11.8 Å². The van der Waals surface area contributed by atoms with Gasteiger partial charge in [-0.3, -0.25) is 19.6 Å². The predicted octanol–water partition coefficient (Wildman–Crippen LogP) is 3.41. The molecule has 0 saturated heterocycles. The van der Waals surface area contributed by atoms with Crippen LogP contribution in [-0.4, -0.2) is 44.4 Å². The number of carbonyl (C=O) groups is 1. The first-order chi connectivity index (χ1) is 13.6. The molecule has 0 spiro atoms. The highest BCUT2D eigenvalue weighted by atomic mass is 19.4. The number of pyridine rings is 2. The number of nitrogens with one attached hydrogen (secondary N) is 2. The Bertz CT molecular complexity index is 1050. The fourth-order valence-corrected chi connectivity index (χ4v) is 2.44. The van der Waals surface area contributed by atoms with E-state index in [1.807, 2.05) is 0 Å². The third kappa shape index (κ3) is 5.24. The van der Waals surface area contributed by atoms with Crippen molar-refractivity contribution in [1.82, 2.24) is 14.4 Å². The monoisotopic (exact) mass is 415 g/mol. The molecule has 3 heterocycles. The Morgan fingerprint density at radius 2 is 1.93 bits per heavy atom. The number of anilines is 1. The number of aryl methyl sites for hydroxylation is 1. The summed E-state index contributed by atoms with van der Waals surface area (Å²) in [6.07, 6.45) is -1.13. The molecule has 0 radical (unpaired) electrons. The van der Waals surface area contributed by atoms with Crippen LogP contribution < -0.4 is 5.32 Å². The molecule has 3 rings (SSSR count). The Balaban J connectivity index is 0.000000941. The molecule has 12 heteroatoms. The van der Waals surface area contributed by atoms with E-state index in [-0.39, 0.29) is 34.8 Å². The van der Waals surface area contributed by atoms with Crippen LogP contribution in [-0.2, 0) is 4.79 Å². The van der Waals surface area contributed by atoms with Gasteiger partial charge in [-0.1, -0.05) is 0 Å². The summed E-state index contributed by atoms with van der Waals surface area (Å²) < 4.78 is 65.8. The largest absolute Gasteiger partial charge is 0.483 e. The highest BCUT2D eigenvalue weighted by molar-refractivity contribution is 6.13. The molecule has 3 aromatic rings. The summed E-state index contributed by atoms with van der Waals surface area (Å²) in [5.74, 6) is -1.79. The lowest BCUT2D eigenvalue weighted by Crippen LogP contribution is -2.23. The van der Waals surface area contributed by atoms with Gasteiger partial charge in [-0.05, 0) is 13.0 Å². The molecule has 3 aromatic heterocycles. The molecule has 3 N–H and O–H groups in total. The molecule has 154 valence electrons. The van der Waals surface area contributed by atoms with Crippen molar-refractivity contribution in [3.8, 4) is 0 Å². The number of hydrogen-bond acceptors (Lipinski definition) is 5. The highest BCUT2D eigenvalue weighted by Gasteiger charge is 2.27. The maximum absolute atomic E-state index is 13.8. The molecule has 0 aliphatic heterocycles. The number of fused-ring (bicyclic) bond motifs is 1. The minimum atomic E-state index is -4.45. The van der Waals surface area contributed by atoms with E-state index in [9.17, 15) is 22.0 Å². The van der Waals surface area contributed by atoms with Gasteiger partial charge in [0.05, 0.1) is 17.6 Å². The zero-order valence-electron chi connectivity index (χ0n) is 14.8. The fourth-order valence-electron chi connectivity index (χ4n) is 2.44. The minimum absolute atomic E-state index is 0.0131. The van der Waals surface area contributed by atoms with E-state index in [2.05, 4.69) is 15.3 Å². The van der Waals surface area contributed by atoms with Gasteiger partial charge in [-0.2, -0.15) is 13.2 Å². The van der Waals surface area contributed by atoms with E-state index >= 15 is 0 Å². The topological polar surface area (TPSA) is 103 Å². The smallest absolute Gasteiger partial charge is 0.405 e. The summed E-state index contributed by atoms with van der Waals surface area (Å²) in [6.45, 7) is 0.0400. The number of carboxylic acid groups (broad SMARTS) is 1. The predicted molar refractivity (Wildman–Crippen MR) is 93.3 cm³/mol. The van der Waals surface area contributed by atoms with E-state index in [0.717, 1.165) is 16.8 Å². The third-order valence-corrected chi connectivity index (χ3v) is 3.57. The van der Waals surface area contributed by atoms with Crippen molar-refractivity contribution in [3.63, 3.8) is 0 Å². The van der Waals surface area contributed by atoms with Crippen LogP contribution in [0.25, 0.3) is 5.65 Å². The number of halogens is 5. The molecule has 0 aliphatic carbocycles. The second-order valence-electron chi connectivity index (χ2n) is 5.66. The summed E-state index contributed by atoms with van der Waals surface area (Å²) in [4.78, 5) is 16.1. The van der Waals surface area contributed by atoms with Crippen molar-refractivity contribution in [3.05, 3.63) is 59.3 Å². The van der Waals surface area contributed by atoms with E-state index in [1.54, 1.807) is 6.92 Å². The number of alkyl halides is 3. The molecule has 0 aromatic carbocycles. The van der Waals surface area contributed by atoms with Gasteiger partial charge < -0.3 is 10.4 Å². The molecule has 29 heavy (non-hydrogen) atoms. The Kier molecular flexibility index (Phi) is 6.46. The maximum atomic E-state index is 13.8. The molecular formula is C17H14F5N5O2. The van der Waals surface area contributed by atoms with Crippen LogP contribution in [0.15, 0.2) is 30.7 Å². The van der Waals surface area contributed by atoms with Crippen LogP contribution in [0.3, 0.4) is 0 Å². The lowest BCUT2D eigenvalue weighted by Gasteiger charge is -2.15. The molecule has 0 atom stereocenters.